The highest BCUT2D eigenvalue weighted by Crippen LogP contribution is 2.58. The van der Waals surface area contributed by atoms with Crippen molar-refractivity contribution in [1.82, 2.24) is 5.32 Å². The predicted octanol–water partition coefficient (Wildman–Crippen LogP) is 2.36. The molecule has 0 radical (unpaired) electrons. The van der Waals surface area contributed by atoms with Crippen molar-refractivity contribution >= 4 is 23.5 Å². The Morgan fingerprint density at radius 1 is 1.35 bits per heavy atom. The van der Waals surface area contributed by atoms with Crippen LogP contribution in [0, 0.1) is 17.3 Å². The van der Waals surface area contributed by atoms with E-state index >= 15 is 0 Å². The van der Waals surface area contributed by atoms with Crippen LogP contribution in [0.15, 0.2) is 24.3 Å². The minimum absolute atomic E-state index is 0.176. The molecule has 4 nitrogen and oxygen atoms in total. The highest BCUT2D eigenvalue weighted by atomic mass is 35.5. The number of carboxylic acids is 1. The van der Waals surface area contributed by atoms with Gasteiger partial charge in [0.1, 0.15) is 0 Å². The number of aliphatic carboxylic acids is 1. The average molecular weight is 296 g/mol. The number of carbonyl (C=O) groups is 2. The molecule has 0 saturated heterocycles. The maximum Gasteiger partial charge on any atom is 0.307 e. The largest absolute Gasteiger partial charge is 0.481 e. The van der Waals surface area contributed by atoms with Gasteiger partial charge in [-0.3, -0.25) is 9.59 Å². The molecule has 0 spiro atoms. The Balaban J connectivity index is 1.84. The Kier molecular flexibility index (Phi) is 4.04. The lowest BCUT2D eigenvalue weighted by atomic mass is 10.1. The summed E-state index contributed by atoms with van der Waals surface area (Å²) < 4.78 is 0. The summed E-state index contributed by atoms with van der Waals surface area (Å²) in [7, 11) is 0. The van der Waals surface area contributed by atoms with Crippen LogP contribution in [0.2, 0.25) is 5.02 Å². The van der Waals surface area contributed by atoms with E-state index in [-0.39, 0.29) is 5.91 Å². The predicted molar refractivity (Wildman–Crippen MR) is 76.6 cm³/mol. The smallest absolute Gasteiger partial charge is 0.307 e. The monoisotopic (exact) mass is 295 g/mol. The van der Waals surface area contributed by atoms with Crippen molar-refractivity contribution in [3.05, 3.63) is 34.9 Å². The molecule has 1 aliphatic carbocycles. The summed E-state index contributed by atoms with van der Waals surface area (Å²) in [5.41, 5.74) is 0.592. The summed E-state index contributed by atoms with van der Waals surface area (Å²) >= 11 is 5.89. The van der Waals surface area contributed by atoms with Crippen molar-refractivity contribution in [2.75, 3.05) is 6.54 Å². The zero-order valence-electron chi connectivity index (χ0n) is 11.5. The molecule has 1 amide bonds. The highest BCUT2D eigenvalue weighted by Gasteiger charge is 2.65. The van der Waals surface area contributed by atoms with E-state index in [9.17, 15) is 9.59 Å². The van der Waals surface area contributed by atoms with Gasteiger partial charge in [0, 0.05) is 11.6 Å². The van der Waals surface area contributed by atoms with Gasteiger partial charge >= 0.3 is 5.97 Å². The lowest BCUT2D eigenvalue weighted by molar-refractivity contribution is -0.140. The molecule has 2 atom stereocenters. The first-order valence-corrected chi connectivity index (χ1v) is 6.97. The molecule has 0 aliphatic heterocycles. The number of hydrogen-bond donors (Lipinski definition) is 2. The summed E-state index contributed by atoms with van der Waals surface area (Å²) in [4.78, 5) is 23.0. The van der Waals surface area contributed by atoms with E-state index in [0.29, 0.717) is 18.0 Å². The van der Waals surface area contributed by atoms with Gasteiger partial charge in [-0.2, -0.15) is 0 Å². The molecule has 0 bridgehead atoms. The Bertz CT molecular complexity index is 542. The third-order valence-electron chi connectivity index (χ3n) is 3.98. The van der Waals surface area contributed by atoms with Crippen molar-refractivity contribution < 1.29 is 14.7 Å². The van der Waals surface area contributed by atoms with Gasteiger partial charge in [-0.1, -0.05) is 37.6 Å². The second kappa shape index (κ2) is 5.44. The van der Waals surface area contributed by atoms with Crippen molar-refractivity contribution in [2.24, 2.45) is 17.3 Å². The Morgan fingerprint density at radius 3 is 2.60 bits per heavy atom. The zero-order valence-corrected chi connectivity index (χ0v) is 12.3. The molecule has 1 aliphatic rings. The van der Waals surface area contributed by atoms with Gasteiger partial charge in [-0.15, -0.1) is 0 Å². The number of rotatable bonds is 5. The summed E-state index contributed by atoms with van der Waals surface area (Å²) in [6.07, 6.45) is 0.678. The molecule has 0 aromatic heterocycles. The second-order valence-electron chi connectivity index (χ2n) is 5.79. The van der Waals surface area contributed by atoms with Crippen LogP contribution in [-0.2, 0) is 16.0 Å². The van der Waals surface area contributed by atoms with Gasteiger partial charge in [0.05, 0.1) is 11.8 Å². The Morgan fingerprint density at radius 2 is 2.05 bits per heavy atom. The first-order chi connectivity index (χ1) is 9.34. The van der Waals surface area contributed by atoms with Gasteiger partial charge in [0.15, 0.2) is 0 Å². The van der Waals surface area contributed by atoms with Crippen LogP contribution < -0.4 is 5.32 Å². The van der Waals surface area contributed by atoms with Crippen LogP contribution in [0.5, 0.6) is 0 Å². The van der Waals surface area contributed by atoms with Crippen molar-refractivity contribution in [2.45, 2.75) is 20.3 Å². The Hall–Kier alpha value is -1.55. The fourth-order valence-corrected chi connectivity index (χ4v) is 2.93. The summed E-state index contributed by atoms with van der Waals surface area (Å²) in [6, 6.07) is 7.46. The molecule has 108 valence electrons. The van der Waals surface area contributed by atoms with E-state index in [1.807, 2.05) is 32.0 Å². The first kappa shape index (κ1) is 14.9. The molecule has 1 fully saturated rings. The molecule has 2 unspecified atom stereocenters. The number of hydrogen-bond acceptors (Lipinski definition) is 2. The topological polar surface area (TPSA) is 66.4 Å². The molecule has 1 aromatic rings. The van der Waals surface area contributed by atoms with Gasteiger partial charge in [0.25, 0.3) is 0 Å². The van der Waals surface area contributed by atoms with Crippen molar-refractivity contribution in [3.63, 3.8) is 0 Å². The number of benzene rings is 1. The maximum atomic E-state index is 12.0. The van der Waals surface area contributed by atoms with Gasteiger partial charge in [-0.05, 0) is 29.5 Å². The molecule has 1 saturated carbocycles. The first-order valence-electron chi connectivity index (χ1n) is 6.59. The number of halogens is 1. The van der Waals surface area contributed by atoms with Crippen LogP contribution >= 0.6 is 11.6 Å². The van der Waals surface area contributed by atoms with E-state index < -0.39 is 23.2 Å². The van der Waals surface area contributed by atoms with Crippen LogP contribution in [-0.4, -0.2) is 23.5 Å². The Labute approximate surface area is 123 Å². The quantitative estimate of drug-likeness (QED) is 0.876. The van der Waals surface area contributed by atoms with Crippen LogP contribution in [0.25, 0.3) is 0 Å². The number of amides is 1. The normalized spacial score (nSPS) is 23.1. The van der Waals surface area contributed by atoms with Crippen LogP contribution in [0.3, 0.4) is 0 Å². The summed E-state index contributed by atoms with van der Waals surface area (Å²) in [5.74, 6) is -2.08. The summed E-state index contributed by atoms with van der Waals surface area (Å²) in [5, 5.41) is 12.5. The third-order valence-corrected chi connectivity index (χ3v) is 4.21. The van der Waals surface area contributed by atoms with E-state index in [4.69, 9.17) is 16.7 Å². The molecule has 1 aromatic carbocycles. The third kappa shape index (κ3) is 2.96. The van der Waals surface area contributed by atoms with Crippen molar-refractivity contribution in [3.8, 4) is 0 Å². The molecular weight excluding hydrogens is 278 g/mol. The lowest BCUT2D eigenvalue weighted by Crippen LogP contribution is -2.29. The van der Waals surface area contributed by atoms with Crippen LogP contribution in [0.4, 0.5) is 0 Å². The summed E-state index contributed by atoms with van der Waals surface area (Å²) in [6.45, 7) is 4.11. The average Bonchev–Trinajstić information content (AvgIpc) is 2.92. The molecular formula is C15H18ClNO3. The zero-order chi connectivity index (χ0) is 14.9. The molecule has 2 rings (SSSR count). The van der Waals surface area contributed by atoms with Gasteiger partial charge in [-0.25, -0.2) is 0 Å². The van der Waals surface area contributed by atoms with Crippen LogP contribution in [0.1, 0.15) is 19.4 Å². The van der Waals surface area contributed by atoms with E-state index in [0.717, 1.165) is 5.56 Å². The number of carbonyl (C=O) groups excluding carboxylic acids is 1. The van der Waals surface area contributed by atoms with Gasteiger partial charge < -0.3 is 10.4 Å². The van der Waals surface area contributed by atoms with Gasteiger partial charge in [0.2, 0.25) is 5.91 Å². The fourth-order valence-electron chi connectivity index (χ4n) is 2.72. The minimum atomic E-state index is -0.898. The molecule has 5 heteroatoms. The lowest BCUT2D eigenvalue weighted by Gasteiger charge is -2.06. The molecule has 2 N–H and O–H groups in total. The minimum Gasteiger partial charge on any atom is -0.481 e. The molecule has 0 heterocycles. The second-order valence-corrected chi connectivity index (χ2v) is 6.22. The highest BCUT2D eigenvalue weighted by molar-refractivity contribution is 6.30. The standard InChI is InChI=1S/C15H18ClNO3/c1-15(2)11(12(15)14(19)20)13(18)17-7-6-9-4-3-5-10(16)8-9/h3-5,8,11-12H,6-7H2,1-2H3,(H,17,18)(H,19,20). The van der Waals surface area contributed by atoms with E-state index in [1.54, 1.807) is 6.07 Å². The van der Waals surface area contributed by atoms with E-state index in [2.05, 4.69) is 5.32 Å². The van der Waals surface area contributed by atoms with Crippen molar-refractivity contribution in [1.29, 1.82) is 0 Å². The number of carboxylic acid groups (broad SMARTS) is 1. The maximum absolute atomic E-state index is 12.0. The molecule has 20 heavy (non-hydrogen) atoms. The number of nitrogens with one attached hydrogen (secondary N) is 1. The fraction of sp³-hybridized carbons (Fsp3) is 0.467. The SMILES string of the molecule is CC1(C)C(C(=O)O)C1C(=O)NCCc1cccc(Cl)c1. The van der Waals surface area contributed by atoms with E-state index in [1.165, 1.54) is 0 Å².